The van der Waals surface area contributed by atoms with Crippen molar-refractivity contribution in [1.29, 1.82) is 0 Å². The molecular formula is C10H17N3O2S. The Morgan fingerprint density at radius 3 is 3.19 bits per heavy atom. The van der Waals surface area contributed by atoms with E-state index in [1.54, 1.807) is 0 Å². The molecule has 1 saturated heterocycles. The predicted octanol–water partition coefficient (Wildman–Crippen LogP) is 1.67. The van der Waals surface area contributed by atoms with Crippen molar-refractivity contribution in [3.8, 4) is 0 Å². The molecule has 90 valence electrons. The van der Waals surface area contributed by atoms with Crippen LogP contribution < -0.4 is 5.73 Å². The van der Waals surface area contributed by atoms with Gasteiger partial charge in [0.25, 0.3) is 0 Å². The summed E-state index contributed by atoms with van der Waals surface area (Å²) in [5.74, 6) is 3.09. The van der Waals surface area contributed by atoms with Gasteiger partial charge in [-0.25, -0.2) is 0 Å². The van der Waals surface area contributed by atoms with E-state index in [0.29, 0.717) is 11.7 Å². The molecule has 16 heavy (non-hydrogen) atoms. The predicted molar refractivity (Wildman–Crippen MR) is 62.2 cm³/mol. The van der Waals surface area contributed by atoms with E-state index >= 15 is 0 Å². The lowest BCUT2D eigenvalue weighted by atomic mass is 10.2. The molecule has 0 radical (unpaired) electrons. The zero-order chi connectivity index (χ0) is 11.4. The fourth-order valence-corrected chi connectivity index (χ4v) is 2.44. The molecule has 1 fully saturated rings. The molecule has 1 aromatic heterocycles. The second-order valence-corrected chi connectivity index (χ2v) is 4.97. The molecule has 0 amide bonds. The molecule has 5 nitrogen and oxygen atoms in total. The molecule has 0 aliphatic carbocycles. The van der Waals surface area contributed by atoms with E-state index in [-0.39, 0.29) is 12.1 Å². The molecule has 0 saturated carbocycles. The van der Waals surface area contributed by atoms with E-state index in [2.05, 4.69) is 17.1 Å². The summed E-state index contributed by atoms with van der Waals surface area (Å²) in [5.41, 5.74) is 5.91. The van der Waals surface area contributed by atoms with E-state index in [4.69, 9.17) is 15.0 Å². The van der Waals surface area contributed by atoms with Gasteiger partial charge >= 0.3 is 0 Å². The van der Waals surface area contributed by atoms with Gasteiger partial charge in [-0.05, 0) is 6.42 Å². The van der Waals surface area contributed by atoms with Gasteiger partial charge in [-0.3, -0.25) is 0 Å². The van der Waals surface area contributed by atoms with E-state index in [1.807, 2.05) is 11.8 Å². The van der Waals surface area contributed by atoms with E-state index in [0.717, 1.165) is 31.0 Å². The number of aromatic nitrogens is 2. The van der Waals surface area contributed by atoms with Gasteiger partial charge in [0, 0.05) is 11.5 Å². The average molecular weight is 243 g/mol. The van der Waals surface area contributed by atoms with Gasteiger partial charge in [-0.2, -0.15) is 16.7 Å². The van der Waals surface area contributed by atoms with E-state index in [9.17, 15) is 0 Å². The highest BCUT2D eigenvalue weighted by Crippen LogP contribution is 2.25. The van der Waals surface area contributed by atoms with Crippen molar-refractivity contribution in [1.82, 2.24) is 10.1 Å². The van der Waals surface area contributed by atoms with Gasteiger partial charge in [0.1, 0.15) is 6.10 Å². The van der Waals surface area contributed by atoms with Crippen molar-refractivity contribution in [2.24, 2.45) is 5.73 Å². The minimum Gasteiger partial charge on any atom is -0.368 e. The molecule has 6 heteroatoms. The largest absolute Gasteiger partial charge is 0.368 e. The Balaban J connectivity index is 2.00. The van der Waals surface area contributed by atoms with Crippen molar-refractivity contribution in [2.75, 3.05) is 18.1 Å². The molecule has 2 atom stereocenters. The lowest BCUT2D eigenvalue weighted by molar-refractivity contribution is 0.0677. The maximum atomic E-state index is 5.91. The van der Waals surface area contributed by atoms with Crippen molar-refractivity contribution >= 4 is 11.8 Å². The summed E-state index contributed by atoms with van der Waals surface area (Å²) in [5, 5.41) is 3.94. The first kappa shape index (κ1) is 11.9. The number of thioether (sulfide) groups is 1. The Labute approximate surface area is 99.1 Å². The number of nitrogens with two attached hydrogens (primary N) is 1. The summed E-state index contributed by atoms with van der Waals surface area (Å²) in [6.45, 7) is 2.83. The summed E-state index contributed by atoms with van der Waals surface area (Å²) in [6.07, 6.45) is 1.83. The number of hydrogen-bond donors (Lipinski definition) is 1. The molecule has 1 unspecified atom stereocenters. The maximum Gasteiger partial charge on any atom is 0.243 e. The van der Waals surface area contributed by atoms with Crippen molar-refractivity contribution in [2.45, 2.75) is 31.9 Å². The van der Waals surface area contributed by atoms with E-state index < -0.39 is 0 Å². The molecule has 0 spiro atoms. The minimum atomic E-state index is -0.150. The molecule has 0 bridgehead atoms. The van der Waals surface area contributed by atoms with Crippen LogP contribution in [-0.4, -0.2) is 28.3 Å². The minimum absolute atomic E-state index is 0.0370. The highest BCUT2D eigenvalue weighted by Gasteiger charge is 2.23. The molecule has 2 heterocycles. The summed E-state index contributed by atoms with van der Waals surface area (Å²) in [7, 11) is 0. The molecule has 0 aromatic carbocycles. The number of ether oxygens (including phenoxy) is 1. The molecule has 2 N–H and O–H groups in total. The monoisotopic (exact) mass is 243 g/mol. The average Bonchev–Trinajstić information content (AvgIpc) is 2.80. The van der Waals surface area contributed by atoms with Gasteiger partial charge in [-0.1, -0.05) is 18.5 Å². The Morgan fingerprint density at radius 1 is 1.62 bits per heavy atom. The molecule has 1 aromatic rings. The molecular weight excluding hydrogens is 226 g/mol. The van der Waals surface area contributed by atoms with Crippen LogP contribution in [0.3, 0.4) is 0 Å². The number of hydrogen-bond acceptors (Lipinski definition) is 6. The van der Waals surface area contributed by atoms with Crippen LogP contribution in [0.4, 0.5) is 0 Å². The fraction of sp³-hybridized carbons (Fsp3) is 0.800. The first-order chi connectivity index (χ1) is 7.81. The zero-order valence-corrected chi connectivity index (χ0v) is 10.2. The third-order valence-electron chi connectivity index (χ3n) is 2.48. The highest BCUT2D eigenvalue weighted by molar-refractivity contribution is 7.99. The van der Waals surface area contributed by atoms with E-state index in [1.165, 1.54) is 0 Å². The molecule has 1 aliphatic rings. The summed E-state index contributed by atoms with van der Waals surface area (Å²) >= 11 is 1.85. The maximum absolute atomic E-state index is 5.91. The Hall–Kier alpha value is -0.590. The quantitative estimate of drug-likeness (QED) is 0.867. The first-order valence-electron chi connectivity index (χ1n) is 5.59. The van der Waals surface area contributed by atoms with Gasteiger partial charge in [0.05, 0.1) is 12.6 Å². The Kier molecular flexibility index (Phi) is 4.20. The van der Waals surface area contributed by atoms with Crippen LogP contribution in [0.25, 0.3) is 0 Å². The number of rotatable bonds is 4. The van der Waals surface area contributed by atoms with Crippen molar-refractivity contribution < 1.29 is 9.26 Å². The smallest absolute Gasteiger partial charge is 0.243 e. The van der Waals surface area contributed by atoms with Gasteiger partial charge in [0.2, 0.25) is 11.7 Å². The summed E-state index contributed by atoms with van der Waals surface area (Å²) < 4.78 is 10.7. The van der Waals surface area contributed by atoms with Crippen LogP contribution in [0.5, 0.6) is 0 Å². The van der Waals surface area contributed by atoms with Gasteiger partial charge < -0.3 is 15.0 Å². The van der Waals surface area contributed by atoms with Crippen LogP contribution in [-0.2, 0) is 4.74 Å². The van der Waals surface area contributed by atoms with Crippen LogP contribution in [0.1, 0.15) is 43.6 Å². The van der Waals surface area contributed by atoms with Crippen LogP contribution in [0.15, 0.2) is 4.52 Å². The van der Waals surface area contributed by atoms with Gasteiger partial charge in [-0.15, -0.1) is 0 Å². The zero-order valence-electron chi connectivity index (χ0n) is 9.39. The first-order valence-corrected chi connectivity index (χ1v) is 6.75. The SMILES string of the molecule is CCC[C@H](N)c1nc(C2CSCCO2)no1. The van der Waals surface area contributed by atoms with Crippen LogP contribution >= 0.6 is 11.8 Å². The third kappa shape index (κ3) is 2.75. The second kappa shape index (κ2) is 5.65. The Morgan fingerprint density at radius 2 is 2.50 bits per heavy atom. The van der Waals surface area contributed by atoms with Crippen LogP contribution in [0.2, 0.25) is 0 Å². The van der Waals surface area contributed by atoms with Crippen molar-refractivity contribution in [3.63, 3.8) is 0 Å². The highest BCUT2D eigenvalue weighted by atomic mass is 32.2. The lowest BCUT2D eigenvalue weighted by Gasteiger charge is -2.18. The Bertz CT molecular complexity index is 326. The number of nitrogens with zero attached hydrogens (tertiary/aromatic N) is 2. The topological polar surface area (TPSA) is 74.2 Å². The molecule has 2 rings (SSSR count). The summed E-state index contributed by atoms with van der Waals surface area (Å²) in [6, 6.07) is -0.150. The van der Waals surface area contributed by atoms with Gasteiger partial charge in [0.15, 0.2) is 0 Å². The summed E-state index contributed by atoms with van der Waals surface area (Å²) in [4.78, 5) is 4.31. The van der Waals surface area contributed by atoms with Crippen molar-refractivity contribution in [3.05, 3.63) is 11.7 Å². The lowest BCUT2D eigenvalue weighted by Crippen LogP contribution is -2.17. The standard InChI is InChI=1S/C10H17N3O2S/c1-2-3-7(11)10-12-9(13-15-10)8-6-16-5-4-14-8/h7-8H,2-6,11H2,1H3/t7-,8?/m0/s1. The van der Waals surface area contributed by atoms with Crippen LogP contribution in [0, 0.1) is 0 Å². The second-order valence-electron chi connectivity index (χ2n) is 3.82. The normalized spacial score (nSPS) is 23.2. The fourth-order valence-electron chi connectivity index (χ4n) is 1.60. The third-order valence-corrected chi connectivity index (χ3v) is 3.47. The molecule has 1 aliphatic heterocycles.